The number of halogens is 2. The lowest BCUT2D eigenvalue weighted by Crippen LogP contribution is -2.50. The topological polar surface area (TPSA) is 58.4 Å². The molecule has 0 aliphatic carbocycles. The minimum atomic E-state index is -0.363. The number of hydrogen-bond donors (Lipinski definition) is 0. The molecule has 8 heteroatoms. The third-order valence-electron chi connectivity index (χ3n) is 5.16. The fourth-order valence-corrected chi connectivity index (χ4v) is 3.88. The van der Waals surface area contributed by atoms with Crippen molar-refractivity contribution in [3.05, 3.63) is 82.4 Å². The van der Waals surface area contributed by atoms with Gasteiger partial charge in [0, 0.05) is 31.7 Å². The molecule has 0 spiro atoms. The Morgan fingerprint density at radius 1 is 0.900 bits per heavy atom. The Kier molecular flexibility index (Phi) is 5.55. The zero-order valence-corrected chi connectivity index (χ0v) is 17.1. The molecular weight excluding hydrogens is 407 g/mol. The molecule has 2 heterocycles. The van der Waals surface area contributed by atoms with Crippen LogP contribution < -0.4 is 0 Å². The van der Waals surface area contributed by atoms with E-state index in [2.05, 4.69) is 5.10 Å². The van der Waals surface area contributed by atoms with E-state index in [1.54, 1.807) is 41.0 Å². The average molecular weight is 427 g/mol. The van der Waals surface area contributed by atoms with Gasteiger partial charge < -0.3 is 9.80 Å². The number of carbonyl (C=O) groups excluding carboxylic acids is 2. The van der Waals surface area contributed by atoms with Crippen LogP contribution in [0.1, 0.15) is 26.4 Å². The molecule has 6 nitrogen and oxygen atoms in total. The molecule has 1 aromatic heterocycles. The number of hydrogen-bond acceptors (Lipinski definition) is 3. The molecule has 4 rings (SSSR count). The zero-order valence-electron chi connectivity index (χ0n) is 16.4. The van der Waals surface area contributed by atoms with Crippen LogP contribution in [-0.2, 0) is 0 Å². The smallest absolute Gasteiger partial charge is 0.259 e. The van der Waals surface area contributed by atoms with Crippen molar-refractivity contribution in [2.75, 3.05) is 26.2 Å². The number of benzene rings is 2. The first-order valence-corrected chi connectivity index (χ1v) is 9.98. The van der Waals surface area contributed by atoms with Crippen LogP contribution in [0.15, 0.2) is 54.6 Å². The SMILES string of the molecule is Cc1nn(-c2ccc(F)cc2)c(Cl)c1C(=O)N1CCN(C(=O)c2ccccc2)CC1. The van der Waals surface area contributed by atoms with E-state index in [4.69, 9.17) is 11.6 Å². The van der Waals surface area contributed by atoms with Gasteiger partial charge in [0.1, 0.15) is 11.0 Å². The summed E-state index contributed by atoms with van der Waals surface area (Å²) in [4.78, 5) is 29.1. The fraction of sp³-hybridized carbons (Fsp3) is 0.227. The summed E-state index contributed by atoms with van der Waals surface area (Å²) in [6, 6.07) is 14.8. The maximum absolute atomic E-state index is 13.2. The molecule has 0 atom stereocenters. The van der Waals surface area contributed by atoms with Gasteiger partial charge in [0.2, 0.25) is 0 Å². The molecule has 2 aromatic carbocycles. The van der Waals surface area contributed by atoms with Gasteiger partial charge in [0.05, 0.1) is 16.9 Å². The van der Waals surface area contributed by atoms with Crippen LogP contribution in [0.3, 0.4) is 0 Å². The number of rotatable bonds is 3. The van der Waals surface area contributed by atoms with Crippen molar-refractivity contribution in [3.63, 3.8) is 0 Å². The summed E-state index contributed by atoms with van der Waals surface area (Å²) >= 11 is 6.47. The summed E-state index contributed by atoms with van der Waals surface area (Å²) in [5, 5.41) is 4.55. The van der Waals surface area contributed by atoms with E-state index in [-0.39, 0.29) is 22.8 Å². The van der Waals surface area contributed by atoms with Gasteiger partial charge in [0.25, 0.3) is 11.8 Å². The quantitative estimate of drug-likeness (QED) is 0.643. The molecular formula is C22H20ClFN4O2. The van der Waals surface area contributed by atoms with Crippen molar-refractivity contribution in [1.82, 2.24) is 19.6 Å². The molecule has 1 saturated heterocycles. The number of aryl methyl sites for hydroxylation is 1. The van der Waals surface area contributed by atoms with Crippen molar-refractivity contribution in [1.29, 1.82) is 0 Å². The molecule has 0 radical (unpaired) electrons. The highest BCUT2D eigenvalue weighted by Crippen LogP contribution is 2.25. The second-order valence-corrected chi connectivity index (χ2v) is 7.45. The van der Waals surface area contributed by atoms with Crippen LogP contribution in [0.4, 0.5) is 4.39 Å². The lowest BCUT2D eigenvalue weighted by molar-refractivity contribution is 0.0535. The van der Waals surface area contributed by atoms with Gasteiger partial charge in [-0.3, -0.25) is 9.59 Å². The number of piperazine rings is 1. The fourth-order valence-electron chi connectivity index (χ4n) is 3.53. The number of nitrogens with zero attached hydrogens (tertiary/aromatic N) is 4. The molecule has 3 aromatic rings. The first-order valence-electron chi connectivity index (χ1n) is 9.60. The summed E-state index contributed by atoms with van der Waals surface area (Å²) in [7, 11) is 0. The van der Waals surface area contributed by atoms with E-state index < -0.39 is 0 Å². The van der Waals surface area contributed by atoms with Crippen molar-refractivity contribution in [2.45, 2.75) is 6.92 Å². The molecule has 1 aliphatic rings. The van der Waals surface area contributed by atoms with E-state index in [0.717, 1.165) is 0 Å². The van der Waals surface area contributed by atoms with Gasteiger partial charge in [-0.2, -0.15) is 5.10 Å². The summed E-state index contributed by atoms with van der Waals surface area (Å²) < 4.78 is 14.6. The zero-order chi connectivity index (χ0) is 21.3. The third kappa shape index (κ3) is 3.80. The van der Waals surface area contributed by atoms with Crippen LogP contribution in [0.2, 0.25) is 5.15 Å². The van der Waals surface area contributed by atoms with E-state index in [0.29, 0.717) is 48.7 Å². The van der Waals surface area contributed by atoms with Gasteiger partial charge in [-0.05, 0) is 43.3 Å². The molecule has 2 amide bonds. The van der Waals surface area contributed by atoms with Gasteiger partial charge in [-0.1, -0.05) is 29.8 Å². The molecule has 0 saturated carbocycles. The summed E-state index contributed by atoms with van der Waals surface area (Å²) in [5.41, 5.74) is 2.03. The molecule has 0 unspecified atom stereocenters. The van der Waals surface area contributed by atoms with Crippen LogP contribution in [0.25, 0.3) is 5.69 Å². The molecule has 0 bridgehead atoms. The van der Waals surface area contributed by atoms with Gasteiger partial charge in [-0.25, -0.2) is 9.07 Å². The summed E-state index contributed by atoms with van der Waals surface area (Å²) in [6.45, 7) is 3.43. The Bertz CT molecular complexity index is 1070. The maximum atomic E-state index is 13.2. The largest absolute Gasteiger partial charge is 0.335 e. The highest BCUT2D eigenvalue weighted by atomic mass is 35.5. The second-order valence-electron chi connectivity index (χ2n) is 7.09. The maximum Gasteiger partial charge on any atom is 0.259 e. The predicted octanol–water partition coefficient (Wildman–Crippen LogP) is 3.57. The van der Waals surface area contributed by atoms with Crippen LogP contribution >= 0.6 is 11.6 Å². The van der Waals surface area contributed by atoms with Gasteiger partial charge in [-0.15, -0.1) is 0 Å². The number of amides is 2. The minimum Gasteiger partial charge on any atom is -0.335 e. The molecule has 154 valence electrons. The Balaban J connectivity index is 1.48. The van der Waals surface area contributed by atoms with E-state index in [1.807, 2.05) is 18.2 Å². The highest BCUT2D eigenvalue weighted by molar-refractivity contribution is 6.33. The van der Waals surface area contributed by atoms with Crippen LogP contribution in [-0.4, -0.2) is 57.6 Å². The van der Waals surface area contributed by atoms with E-state index >= 15 is 0 Å². The number of carbonyl (C=O) groups is 2. The van der Waals surface area contributed by atoms with Crippen molar-refractivity contribution in [2.24, 2.45) is 0 Å². The Morgan fingerprint density at radius 2 is 1.47 bits per heavy atom. The number of aromatic nitrogens is 2. The van der Waals surface area contributed by atoms with Gasteiger partial charge in [0.15, 0.2) is 0 Å². The lowest BCUT2D eigenvalue weighted by Gasteiger charge is -2.34. The third-order valence-corrected chi connectivity index (χ3v) is 5.51. The van der Waals surface area contributed by atoms with Crippen LogP contribution in [0, 0.1) is 12.7 Å². The second kappa shape index (κ2) is 8.28. The standard InChI is InChI=1S/C22H20ClFN4O2/c1-15-19(20(23)28(25-15)18-9-7-17(24)8-10-18)22(30)27-13-11-26(12-14-27)21(29)16-5-3-2-4-6-16/h2-10H,11-14H2,1H3. The Hall–Kier alpha value is -3.19. The average Bonchev–Trinajstić information content (AvgIpc) is 3.08. The van der Waals surface area contributed by atoms with Crippen molar-refractivity contribution >= 4 is 23.4 Å². The normalized spacial score (nSPS) is 14.1. The first kappa shape index (κ1) is 20.1. The molecule has 30 heavy (non-hydrogen) atoms. The molecule has 1 aliphatic heterocycles. The first-order chi connectivity index (χ1) is 14.5. The predicted molar refractivity (Wildman–Crippen MR) is 112 cm³/mol. The van der Waals surface area contributed by atoms with Crippen LogP contribution in [0.5, 0.6) is 0 Å². The minimum absolute atomic E-state index is 0.0407. The monoisotopic (exact) mass is 426 g/mol. The van der Waals surface area contributed by atoms with Gasteiger partial charge >= 0.3 is 0 Å². The van der Waals surface area contributed by atoms with E-state index in [9.17, 15) is 14.0 Å². The van der Waals surface area contributed by atoms with E-state index in [1.165, 1.54) is 16.8 Å². The Labute approximate surface area is 178 Å². The van der Waals surface area contributed by atoms with Crippen molar-refractivity contribution < 1.29 is 14.0 Å². The highest BCUT2D eigenvalue weighted by Gasteiger charge is 2.29. The summed E-state index contributed by atoms with van der Waals surface area (Å²) in [6.07, 6.45) is 0. The lowest BCUT2D eigenvalue weighted by atomic mass is 10.1. The van der Waals surface area contributed by atoms with Crippen molar-refractivity contribution in [3.8, 4) is 5.69 Å². The molecule has 0 N–H and O–H groups in total. The molecule has 1 fully saturated rings. The Morgan fingerprint density at radius 3 is 2.07 bits per heavy atom. The summed E-state index contributed by atoms with van der Waals surface area (Å²) in [5.74, 6) is -0.628.